The van der Waals surface area contributed by atoms with Crippen LogP contribution in [0.5, 0.6) is 11.5 Å². The van der Waals surface area contributed by atoms with Gasteiger partial charge in [-0.15, -0.1) is 0 Å². The lowest BCUT2D eigenvalue weighted by Crippen LogP contribution is -2.47. The maximum Gasteiger partial charge on any atom is 0.267 e. The van der Waals surface area contributed by atoms with Gasteiger partial charge in [0, 0.05) is 38.3 Å². The van der Waals surface area contributed by atoms with E-state index < -0.39 is 6.10 Å². The van der Waals surface area contributed by atoms with Crippen molar-refractivity contribution >= 4 is 5.91 Å². The average Bonchev–Trinajstić information content (AvgIpc) is 2.94. The maximum absolute atomic E-state index is 13.9. The second-order valence-corrected chi connectivity index (χ2v) is 6.91. The number of carbonyl (C=O) groups excluding carboxylic acids is 1. The molecule has 0 N–H and O–H groups in total. The summed E-state index contributed by atoms with van der Waals surface area (Å²) in [5.74, 6) is 1.06. The highest BCUT2D eigenvalue weighted by molar-refractivity contribution is 5.82. The predicted octanol–water partition coefficient (Wildman–Crippen LogP) is 2.70. The molecule has 0 unspecified atom stereocenters. The topological polar surface area (TPSA) is 42.0 Å². The first kappa shape index (κ1) is 17.8. The summed E-state index contributed by atoms with van der Waals surface area (Å²) in [4.78, 5) is 16.9. The Labute approximate surface area is 158 Å². The fourth-order valence-corrected chi connectivity index (χ4v) is 3.56. The zero-order valence-electron chi connectivity index (χ0n) is 15.1. The zero-order chi connectivity index (χ0) is 18.6. The fraction of sp³-hybridized carbons (Fsp3) is 0.381. The van der Waals surface area contributed by atoms with Crippen LogP contribution in [0.1, 0.15) is 12.0 Å². The van der Waals surface area contributed by atoms with E-state index in [4.69, 9.17) is 9.47 Å². The number of ether oxygens (including phenoxy) is 2. The first-order chi connectivity index (χ1) is 13.2. The maximum atomic E-state index is 13.9. The van der Waals surface area contributed by atoms with E-state index in [2.05, 4.69) is 4.90 Å². The highest BCUT2D eigenvalue weighted by atomic mass is 19.1. The Morgan fingerprint density at radius 3 is 2.63 bits per heavy atom. The number of hydrogen-bond acceptors (Lipinski definition) is 4. The van der Waals surface area contributed by atoms with E-state index in [-0.39, 0.29) is 18.3 Å². The highest BCUT2D eigenvalue weighted by Gasteiger charge is 2.31. The van der Waals surface area contributed by atoms with Crippen LogP contribution in [0.2, 0.25) is 0 Å². The smallest absolute Gasteiger partial charge is 0.267 e. The van der Waals surface area contributed by atoms with Crippen molar-refractivity contribution in [1.29, 1.82) is 0 Å². The van der Waals surface area contributed by atoms with E-state index in [9.17, 15) is 9.18 Å². The van der Waals surface area contributed by atoms with Crippen LogP contribution in [-0.2, 0) is 11.3 Å². The van der Waals surface area contributed by atoms with Gasteiger partial charge in [0.1, 0.15) is 12.4 Å². The van der Waals surface area contributed by atoms with Crippen molar-refractivity contribution in [2.24, 2.45) is 0 Å². The molecule has 2 aliphatic rings. The first-order valence-corrected chi connectivity index (χ1v) is 9.34. The van der Waals surface area contributed by atoms with Gasteiger partial charge in [0.25, 0.3) is 5.91 Å². The summed E-state index contributed by atoms with van der Waals surface area (Å²) >= 11 is 0. The number of para-hydroxylation sites is 2. The zero-order valence-corrected chi connectivity index (χ0v) is 15.1. The minimum Gasteiger partial charge on any atom is -0.485 e. The Balaban J connectivity index is 1.35. The van der Waals surface area contributed by atoms with Crippen molar-refractivity contribution in [2.75, 3.05) is 32.8 Å². The Kier molecular flexibility index (Phi) is 5.25. The lowest BCUT2D eigenvalue weighted by atomic mass is 10.2. The Bertz CT molecular complexity index is 814. The number of fused-ring (bicyclic) bond motifs is 1. The molecule has 0 spiro atoms. The fourth-order valence-electron chi connectivity index (χ4n) is 3.56. The lowest BCUT2D eigenvalue weighted by Gasteiger charge is -2.30. The van der Waals surface area contributed by atoms with Crippen molar-refractivity contribution in [3.63, 3.8) is 0 Å². The SMILES string of the molecule is O=C([C@@H]1COc2ccccc2O1)N1CCCN(Cc2ccccc2F)CC1. The third kappa shape index (κ3) is 4.06. The summed E-state index contributed by atoms with van der Waals surface area (Å²) in [6, 6.07) is 14.2. The molecule has 1 fully saturated rings. The molecule has 0 aliphatic carbocycles. The van der Waals surface area contributed by atoms with Crippen molar-refractivity contribution in [3.8, 4) is 11.5 Å². The van der Waals surface area contributed by atoms with E-state index in [0.29, 0.717) is 43.2 Å². The lowest BCUT2D eigenvalue weighted by molar-refractivity contribution is -0.141. The summed E-state index contributed by atoms with van der Waals surface area (Å²) < 4.78 is 25.4. The minimum absolute atomic E-state index is 0.0442. The monoisotopic (exact) mass is 370 g/mol. The van der Waals surface area contributed by atoms with E-state index in [1.54, 1.807) is 6.07 Å². The minimum atomic E-state index is -0.613. The molecule has 2 heterocycles. The van der Waals surface area contributed by atoms with Gasteiger partial charge in [-0.05, 0) is 24.6 Å². The molecule has 2 aromatic rings. The number of benzene rings is 2. The van der Waals surface area contributed by atoms with Crippen LogP contribution in [0.15, 0.2) is 48.5 Å². The molecule has 0 aromatic heterocycles. The molecule has 0 saturated carbocycles. The molecule has 142 valence electrons. The summed E-state index contributed by atoms with van der Waals surface area (Å²) in [6.45, 7) is 3.62. The Hall–Kier alpha value is -2.60. The third-order valence-electron chi connectivity index (χ3n) is 5.04. The van der Waals surface area contributed by atoms with Gasteiger partial charge in [0.2, 0.25) is 6.10 Å². The van der Waals surface area contributed by atoms with Crippen LogP contribution in [0, 0.1) is 5.82 Å². The molecule has 27 heavy (non-hydrogen) atoms. The highest BCUT2D eigenvalue weighted by Crippen LogP contribution is 2.31. The molecule has 1 atom stereocenters. The van der Waals surface area contributed by atoms with Crippen LogP contribution >= 0.6 is 0 Å². The van der Waals surface area contributed by atoms with Crippen LogP contribution in [0.4, 0.5) is 4.39 Å². The standard InChI is InChI=1S/C21H23FN2O3/c22-17-7-2-1-6-16(17)14-23-10-5-11-24(13-12-23)21(25)20-15-26-18-8-3-4-9-19(18)27-20/h1-4,6-9,20H,5,10-15H2/t20-/m0/s1. The summed E-state index contributed by atoms with van der Waals surface area (Å²) in [6.07, 6.45) is 0.239. The van der Waals surface area contributed by atoms with Crippen LogP contribution in [-0.4, -0.2) is 54.6 Å². The van der Waals surface area contributed by atoms with Gasteiger partial charge in [-0.25, -0.2) is 4.39 Å². The van der Waals surface area contributed by atoms with Gasteiger partial charge in [0.15, 0.2) is 11.5 Å². The number of carbonyl (C=O) groups is 1. The molecule has 4 rings (SSSR count). The van der Waals surface area contributed by atoms with E-state index >= 15 is 0 Å². The summed E-state index contributed by atoms with van der Waals surface area (Å²) in [5.41, 5.74) is 0.692. The second kappa shape index (κ2) is 7.96. The summed E-state index contributed by atoms with van der Waals surface area (Å²) in [5, 5.41) is 0. The van der Waals surface area contributed by atoms with Crippen LogP contribution < -0.4 is 9.47 Å². The van der Waals surface area contributed by atoms with Gasteiger partial charge < -0.3 is 14.4 Å². The molecule has 6 heteroatoms. The number of amides is 1. The first-order valence-electron chi connectivity index (χ1n) is 9.34. The van der Waals surface area contributed by atoms with E-state index in [0.717, 1.165) is 13.0 Å². The molecule has 5 nitrogen and oxygen atoms in total. The van der Waals surface area contributed by atoms with Crippen molar-refractivity contribution < 1.29 is 18.7 Å². The van der Waals surface area contributed by atoms with Gasteiger partial charge >= 0.3 is 0 Å². The number of rotatable bonds is 3. The van der Waals surface area contributed by atoms with E-state index in [1.807, 2.05) is 41.3 Å². The molecule has 0 radical (unpaired) electrons. The second-order valence-electron chi connectivity index (χ2n) is 6.91. The molecule has 2 aromatic carbocycles. The van der Waals surface area contributed by atoms with Crippen molar-refractivity contribution in [3.05, 3.63) is 59.9 Å². The van der Waals surface area contributed by atoms with Gasteiger partial charge in [-0.2, -0.15) is 0 Å². The molecule has 2 aliphatic heterocycles. The molecular weight excluding hydrogens is 347 g/mol. The molecule has 1 amide bonds. The van der Waals surface area contributed by atoms with Gasteiger partial charge in [-0.1, -0.05) is 30.3 Å². The number of halogens is 1. The largest absolute Gasteiger partial charge is 0.485 e. The van der Waals surface area contributed by atoms with Crippen molar-refractivity contribution in [1.82, 2.24) is 9.80 Å². The molecular formula is C21H23FN2O3. The number of nitrogens with zero attached hydrogens (tertiary/aromatic N) is 2. The van der Waals surface area contributed by atoms with Crippen LogP contribution in [0.25, 0.3) is 0 Å². The van der Waals surface area contributed by atoms with Gasteiger partial charge in [-0.3, -0.25) is 9.69 Å². The summed E-state index contributed by atoms with van der Waals surface area (Å²) in [7, 11) is 0. The number of hydrogen-bond donors (Lipinski definition) is 0. The van der Waals surface area contributed by atoms with E-state index in [1.165, 1.54) is 6.07 Å². The average molecular weight is 370 g/mol. The Morgan fingerprint density at radius 1 is 1.00 bits per heavy atom. The Morgan fingerprint density at radius 2 is 1.78 bits per heavy atom. The quantitative estimate of drug-likeness (QED) is 0.833. The molecule has 1 saturated heterocycles. The normalized spacial score (nSPS) is 20.2. The third-order valence-corrected chi connectivity index (χ3v) is 5.04. The van der Waals surface area contributed by atoms with Crippen molar-refractivity contribution in [2.45, 2.75) is 19.1 Å². The van der Waals surface area contributed by atoms with Gasteiger partial charge in [0.05, 0.1) is 0 Å². The van der Waals surface area contributed by atoms with Crippen LogP contribution in [0.3, 0.4) is 0 Å². The predicted molar refractivity (Wildman–Crippen MR) is 99.2 cm³/mol. The molecule has 0 bridgehead atoms.